The number of likely N-dealkylation sites (tertiary alicyclic amines) is 1. The molecule has 0 radical (unpaired) electrons. The van der Waals surface area contributed by atoms with E-state index >= 15 is 0 Å². The standard InChI is InChI=1S/C23H21ClFN3O3/c1-11(2)19-17-18(21(30)28(20(17)29)10-12-5-3-4-6-15(12)24)23(27-19)14-9-13(25)7-8-16(14)26-22(23)31/h3-9,11,17-19,27H,10H2,1-2H3,(H,26,31)/t17-,18-,19?,23?/m1/s1. The van der Waals surface area contributed by atoms with Gasteiger partial charge in [0.15, 0.2) is 0 Å². The van der Waals surface area contributed by atoms with Crippen molar-refractivity contribution in [2.24, 2.45) is 17.8 Å². The molecule has 3 amide bonds. The number of imide groups is 1. The van der Waals surface area contributed by atoms with Crippen LogP contribution in [0.4, 0.5) is 10.1 Å². The third-order valence-electron chi connectivity index (χ3n) is 6.71. The Hall–Kier alpha value is -2.77. The van der Waals surface area contributed by atoms with E-state index in [4.69, 9.17) is 11.6 Å². The molecule has 2 unspecified atom stereocenters. The summed E-state index contributed by atoms with van der Waals surface area (Å²) in [6, 6.07) is 10.6. The number of hydrogen-bond donors (Lipinski definition) is 2. The number of carbonyl (C=O) groups excluding carboxylic acids is 3. The molecule has 2 saturated heterocycles. The van der Waals surface area contributed by atoms with Crippen LogP contribution >= 0.6 is 11.6 Å². The highest BCUT2D eigenvalue weighted by atomic mass is 35.5. The van der Waals surface area contributed by atoms with Crippen molar-refractivity contribution in [3.63, 3.8) is 0 Å². The van der Waals surface area contributed by atoms with E-state index in [2.05, 4.69) is 10.6 Å². The van der Waals surface area contributed by atoms with Crippen LogP contribution in [-0.4, -0.2) is 28.7 Å². The molecular formula is C23H21ClFN3O3. The van der Waals surface area contributed by atoms with Gasteiger partial charge in [-0.05, 0) is 35.7 Å². The number of halogens is 2. The third-order valence-corrected chi connectivity index (χ3v) is 7.08. The fourth-order valence-corrected chi connectivity index (χ4v) is 5.49. The van der Waals surface area contributed by atoms with Crippen molar-refractivity contribution >= 4 is 35.0 Å². The summed E-state index contributed by atoms with van der Waals surface area (Å²) in [5, 5.41) is 6.51. The van der Waals surface area contributed by atoms with Gasteiger partial charge in [0.25, 0.3) is 0 Å². The van der Waals surface area contributed by atoms with Gasteiger partial charge in [-0.15, -0.1) is 0 Å². The summed E-state index contributed by atoms with van der Waals surface area (Å²) in [5.41, 5.74) is -0.0153. The Labute approximate surface area is 183 Å². The quantitative estimate of drug-likeness (QED) is 0.717. The molecule has 160 valence electrons. The third kappa shape index (κ3) is 2.69. The van der Waals surface area contributed by atoms with Crippen LogP contribution in [0.1, 0.15) is 25.0 Å². The van der Waals surface area contributed by atoms with E-state index in [1.54, 1.807) is 24.3 Å². The second-order valence-electron chi connectivity index (χ2n) is 8.72. The summed E-state index contributed by atoms with van der Waals surface area (Å²) in [6.07, 6.45) is 0. The van der Waals surface area contributed by atoms with E-state index in [-0.39, 0.29) is 18.4 Å². The lowest BCUT2D eigenvalue weighted by atomic mass is 9.76. The molecular weight excluding hydrogens is 421 g/mol. The predicted molar refractivity (Wildman–Crippen MR) is 112 cm³/mol. The lowest BCUT2D eigenvalue weighted by Gasteiger charge is -2.30. The first kappa shape index (κ1) is 20.2. The average Bonchev–Trinajstić information content (AvgIpc) is 3.31. The van der Waals surface area contributed by atoms with Gasteiger partial charge in [-0.3, -0.25) is 24.6 Å². The summed E-state index contributed by atoms with van der Waals surface area (Å²) in [6.45, 7) is 3.89. The monoisotopic (exact) mass is 441 g/mol. The zero-order chi connectivity index (χ0) is 22.1. The van der Waals surface area contributed by atoms with Crippen molar-refractivity contribution in [3.8, 4) is 0 Å². The minimum Gasteiger partial charge on any atom is -0.324 e. The van der Waals surface area contributed by atoms with Crippen molar-refractivity contribution in [2.75, 3.05) is 5.32 Å². The fourth-order valence-electron chi connectivity index (χ4n) is 5.29. The van der Waals surface area contributed by atoms with Crippen LogP contribution in [0.3, 0.4) is 0 Å². The van der Waals surface area contributed by atoms with E-state index < -0.39 is 41.0 Å². The maximum atomic E-state index is 14.2. The summed E-state index contributed by atoms with van der Waals surface area (Å²) in [7, 11) is 0. The van der Waals surface area contributed by atoms with Crippen LogP contribution in [0.25, 0.3) is 0 Å². The lowest BCUT2D eigenvalue weighted by Crippen LogP contribution is -2.53. The highest BCUT2D eigenvalue weighted by Gasteiger charge is 2.70. The lowest BCUT2D eigenvalue weighted by molar-refractivity contribution is -0.143. The molecule has 3 aliphatic rings. The first-order valence-electron chi connectivity index (χ1n) is 10.2. The number of hydrogen-bond acceptors (Lipinski definition) is 4. The molecule has 4 atom stereocenters. The van der Waals surface area contributed by atoms with Gasteiger partial charge in [0.1, 0.15) is 11.4 Å². The molecule has 8 heteroatoms. The number of rotatable bonds is 3. The van der Waals surface area contributed by atoms with Gasteiger partial charge in [-0.25, -0.2) is 4.39 Å². The molecule has 0 aliphatic carbocycles. The molecule has 2 fully saturated rings. The van der Waals surface area contributed by atoms with Crippen molar-refractivity contribution < 1.29 is 18.8 Å². The van der Waals surface area contributed by atoms with Gasteiger partial charge in [-0.2, -0.15) is 0 Å². The van der Waals surface area contributed by atoms with E-state index in [0.717, 1.165) is 0 Å². The molecule has 5 rings (SSSR count). The number of benzene rings is 2. The van der Waals surface area contributed by atoms with Crippen molar-refractivity contribution in [1.82, 2.24) is 10.2 Å². The Balaban J connectivity index is 1.63. The summed E-state index contributed by atoms with van der Waals surface area (Å²) >= 11 is 6.26. The fraction of sp³-hybridized carbons (Fsp3) is 0.348. The molecule has 1 spiro atoms. The number of anilines is 1. The summed E-state index contributed by atoms with van der Waals surface area (Å²) in [4.78, 5) is 41.5. The number of amides is 3. The van der Waals surface area contributed by atoms with Gasteiger partial charge in [-0.1, -0.05) is 43.6 Å². The van der Waals surface area contributed by atoms with Gasteiger partial charge in [0.2, 0.25) is 17.7 Å². The van der Waals surface area contributed by atoms with Crippen molar-refractivity contribution in [1.29, 1.82) is 0 Å². The van der Waals surface area contributed by atoms with Crippen molar-refractivity contribution in [3.05, 3.63) is 64.4 Å². The maximum absolute atomic E-state index is 14.2. The van der Waals surface area contributed by atoms with E-state index in [9.17, 15) is 18.8 Å². The van der Waals surface area contributed by atoms with E-state index in [1.807, 2.05) is 13.8 Å². The SMILES string of the molecule is CC(C)C1NC2(C(=O)Nc3ccc(F)cc32)[C@H]2C(=O)N(Cc3ccccc3Cl)C(=O)[C@@H]12. The van der Waals surface area contributed by atoms with Gasteiger partial charge in [0, 0.05) is 22.3 Å². The Bertz CT molecular complexity index is 1140. The minimum absolute atomic E-state index is 0.0306. The average molecular weight is 442 g/mol. The molecule has 2 aromatic carbocycles. The van der Waals surface area contributed by atoms with Crippen LogP contribution in [0.2, 0.25) is 5.02 Å². The van der Waals surface area contributed by atoms with Crippen LogP contribution in [0, 0.1) is 23.6 Å². The molecule has 31 heavy (non-hydrogen) atoms. The molecule has 2 aromatic rings. The van der Waals surface area contributed by atoms with E-state index in [0.29, 0.717) is 21.8 Å². The van der Waals surface area contributed by atoms with Gasteiger partial charge < -0.3 is 5.32 Å². The largest absolute Gasteiger partial charge is 0.324 e. The van der Waals surface area contributed by atoms with Gasteiger partial charge >= 0.3 is 0 Å². The van der Waals surface area contributed by atoms with Crippen LogP contribution in [-0.2, 0) is 26.5 Å². The maximum Gasteiger partial charge on any atom is 0.250 e. The normalized spacial score (nSPS) is 29.1. The van der Waals surface area contributed by atoms with Crippen LogP contribution < -0.4 is 10.6 Å². The molecule has 6 nitrogen and oxygen atoms in total. The Kier molecular flexibility index (Phi) is 4.46. The predicted octanol–water partition coefficient (Wildman–Crippen LogP) is 3.06. The number of fused-ring (bicyclic) bond motifs is 4. The second kappa shape index (κ2) is 6.87. The Morgan fingerprint density at radius 1 is 1.13 bits per heavy atom. The summed E-state index contributed by atoms with van der Waals surface area (Å²) < 4.78 is 14.2. The molecule has 2 N–H and O–H groups in total. The minimum atomic E-state index is -1.49. The Morgan fingerprint density at radius 3 is 2.58 bits per heavy atom. The first-order valence-corrected chi connectivity index (χ1v) is 10.6. The zero-order valence-corrected chi connectivity index (χ0v) is 17.7. The van der Waals surface area contributed by atoms with Crippen LogP contribution in [0.5, 0.6) is 0 Å². The molecule has 0 aromatic heterocycles. The number of carbonyl (C=O) groups is 3. The molecule has 0 bridgehead atoms. The molecule has 3 aliphatic heterocycles. The van der Waals surface area contributed by atoms with Crippen LogP contribution in [0.15, 0.2) is 42.5 Å². The van der Waals surface area contributed by atoms with Gasteiger partial charge in [0.05, 0.1) is 18.4 Å². The van der Waals surface area contributed by atoms with E-state index in [1.165, 1.54) is 23.1 Å². The number of nitrogens with zero attached hydrogens (tertiary/aromatic N) is 1. The number of nitrogens with one attached hydrogen (secondary N) is 2. The topological polar surface area (TPSA) is 78.5 Å². The highest BCUT2D eigenvalue weighted by Crippen LogP contribution is 2.54. The smallest absolute Gasteiger partial charge is 0.250 e. The Morgan fingerprint density at radius 2 is 1.87 bits per heavy atom. The molecule has 3 heterocycles. The second-order valence-corrected chi connectivity index (χ2v) is 9.13. The first-order chi connectivity index (χ1) is 14.8. The summed E-state index contributed by atoms with van der Waals surface area (Å²) in [5.74, 6) is -3.45. The van der Waals surface area contributed by atoms with Crippen molar-refractivity contribution in [2.45, 2.75) is 32.0 Å². The zero-order valence-electron chi connectivity index (χ0n) is 17.0. The highest BCUT2D eigenvalue weighted by molar-refractivity contribution is 6.31. The molecule has 0 saturated carbocycles.